The van der Waals surface area contributed by atoms with Gasteiger partial charge in [-0.05, 0) is 0 Å². The van der Waals surface area contributed by atoms with Crippen LogP contribution in [-0.2, 0) is 0 Å². The van der Waals surface area contributed by atoms with Gasteiger partial charge in [0.05, 0.1) is 0 Å². The van der Waals surface area contributed by atoms with Crippen molar-refractivity contribution in [1.82, 2.24) is 0 Å². The van der Waals surface area contributed by atoms with Gasteiger partial charge in [0.25, 0.3) is 4.31 Å². The van der Waals surface area contributed by atoms with Crippen molar-refractivity contribution >= 4 is 28.3 Å². The average Bonchev–Trinajstić information content (AvgIpc) is 1.35. The van der Waals surface area contributed by atoms with Gasteiger partial charge in [-0.15, -0.1) is 0 Å². The molecule has 0 radical (unpaired) electrons. The summed E-state index contributed by atoms with van der Waals surface area (Å²) in [5.41, 5.74) is 0. The van der Waals surface area contributed by atoms with E-state index in [-0.39, 0.29) is 0 Å². The SMILES string of the molecule is F[C](F)(F)[Mg][Cl]. The highest BCUT2D eigenvalue weighted by Gasteiger charge is 2.29. The molecule has 0 aliphatic carbocycles. The summed E-state index contributed by atoms with van der Waals surface area (Å²) in [6.07, 6.45) is 0. The Morgan fingerprint density at radius 3 is 1.50 bits per heavy atom. The first-order valence-electron chi connectivity index (χ1n) is 1.19. The highest BCUT2D eigenvalue weighted by Crippen LogP contribution is 2.12. The number of alkyl halides is 3. The number of halogens is 4. The van der Waals surface area contributed by atoms with E-state index in [0.717, 1.165) is 0 Å². The van der Waals surface area contributed by atoms with Crippen LogP contribution in [0.1, 0.15) is 0 Å². The molecule has 0 amide bonds. The van der Waals surface area contributed by atoms with Gasteiger partial charge in [0.15, 0.2) is 0 Å². The van der Waals surface area contributed by atoms with E-state index in [4.69, 9.17) is 0 Å². The monoisotopic (exact) mass is 128 g/mol. The quantitative estimate of drug-likeness (QED) is 0.433. The van der Waals surface area contributed by atoms with Gasteiger partial charge in [0.2, 0.25) is 0 Å². The fourth-order valence-corrected chi connectivity index (χ4v) is 0. The molecule has 0 aliphatic heterocycles. The van der Waals surface area contributed by atoms with Crippen LogP contribution >= 0.6 is 9.07 Å². The van der Waals surface area contributed by atoms with E-state index in [1.807, 2.05) is 0 Å². The minimum Gasteiger partial charge on any atom is -0.328 e. The van der Waals surface area contributed by atoms with Crippen molar-refractivity contribution < 1.29 is 13.2 Å². The van der Waals surface area contributed by atoms with Gasteiger partial charge in [-0.3, -0.25) is 0 Å². The predicted octanol–water partition coefficient (Wildman–Crippen LogP) is 1.36. The first-order valence-corrected chi connectivity index (χ1v) is 4.03. The summed E-state index contributed by atoms with van der Waals surface area (Å²) in [5.74, 6) is 0. The molecule has 0 heterocycles. The zero-order chi connectivity index (χ0) is 5.21. The molecule has 0 saturated carbocycles. The van der Waals surface area contributed by atoms with E-state index < -0.39 is 23.6 Å². The van der Waals surface area contributed by atoms with Gasteiger partial charge < -0.3 is 9.07 Å². The first kappa shape index (κ1) is 6.85. The zero-order valence-electron chi connectivity index (χ0n) is 2.72. The molecule has 0 aromatic heterocycles. The fourth-order valence-electron chi connectivity index (χ4n) is 0. The van der Waals surface area contributed by atoms with Crippen molar-refractivity contribution in [2.24, 2.45) is 0 Å². The molecule has 0 aromatic carbocycles. The summed E-state index contributed by atoms with van der Waals surface area (Å²) in [5, 5.41) is 0. The third-order valence-electron chi connectivity index (χ3n) is 0.152. The molecule has 0 fully saturated rings. The van der Waals surface area contributed by atoms with Gasteiger partial charge in [-0.2, -0.15) is 0 Å². The third-order valence-corrected chi connectivity index (χ3v) is 1.36. The molecule has 0 aromatic rings. The standard InChI is InChI=1S/CF3.ClH.Mg/c2-1(3)4;;/h;1H;/q;;+1/p-1. The van der Waals surface area contributed by atoms with E-state index in [0.29, 0.717) is 0 Å². The van der Waals surface area contributed by atoms with Crippen LogP contribution in [0, 0.1) is 0 Å². The summed E-state index contributed by atoms with van der Waals surface area (Å²) in [6, 6.07) is 0. The van der Waals surface area contributed by atoms with Gasteiger partial charge in [0.1, 0.15) is 0 Å². The molecule has 5 heteroatoms. The van der Waals surface area contributed by atoms with E-state index in [1.165, 1.54) is 0 Å². The van der Waals surface area contributed by atoms with Crippen LogP contribution in [0.2, 0.25) is 0 Å². The fraction of sp³-hybridized carbons (Fsp3) is 1.00. The van der Waals surface area contributed by atoms with Crippen molar-refractivity contribution in [3.8, 4) is 0 Å². The first-order chi connectivity index (χ1) is 2.56. The Morgan fingerprint density at radius 1 is 1.33 bits per heavy atom. The summed E-state index contributed by atoms with van der Waals surface area (Å²) in [6.45, 7) is 0. The lowest BCUT2D eigenvalue weighted by Crippen LogP contribution is -2.11. The normalized spacial score (nSPS) is 10.7. The molecule has 0 aliphatic rings. The topological polar surface area (TPSA) is 0 Å². The van der Waals surface area contributed by atoms with Crippen molar-refractivity contribution in [3.63, 3.8) is 0 Å². The molecule has 0 unspecified atom stereocenters. The van der Waals surface area contributed by atoms with Crippen molar-refractivity contribution in [2.75, 3.05) is 0 Å². The second-order valence-electron chi connectivity index (χ2n) is 0.749. The van der Waals surface area contributed by atoms with Crippen LogP contribution in [0.5, 0.6) is 0 Å². The molecular weight excluding hydrogens is 129 g/mol. The van der Waals surface area contributed by atoms with Crippen LogP contribution in [0.4, 0.5) is 13.2 Å². The summed E-state index contributed by atoms with van der Waals surface area (Å²) < 4.78 is 28.1. The summed E-state index contributed by atoms with van der Waals surface area (Å²) >= 11 is -2.28. The maximum Gasteiger partial charge on any atom is 0.656 e. The van der Waals surface area contributed by atoms with Crippen LogP contribution < -0.4 is 0 Å². The maximum absolute atomic E-state index is 10.7. The molecule has 34 valence electrons. The molecule has 0 saturated heterocycles. The second-order valence-corrected chi connectivity index (χ2v) is 2.62. The molecule has 0 atom stereocenters. The highest BCUT2D eigenvalue weighted by atomic mass is 35.5. The Balaban J connectivity index is 3.17. The Kier molecular flexibility index (Phi) is 2.54. The predicted molar refractivity (Wildman–Crippen MR) is 17.7 cm³/mol. The molecule has 0 nitrogen and oxygen atoms in total. The van der Waals surface area contributed by atoms with Crippen molar-refractivity contribution in [1.29, 1.82) is 0 Å². The van der Waals surface area contributed by atoms with Crippen LogP contribution in [-0.4, -0.2) is 23.6 Å². The second kappa shape index (κ2) is 2.23. The molecule has 0 spiro atoms. The Bertz CT molecular complexity index is 40.5. The van der Waals surface area contributed by atoms with Gasteiger partial charge in [-0.1, -0.05) is 0 Å². The third kappa shape index (κ3) is 4.85. The lowest BCUT2D eigenvalue weighted by Gasteiger charge is -1.94. The summed E-state index contributed by atoms with van der Waals surface area (Å²) in [4.78, 5) is 0. The maximum atomic E-state index is 10.7. The molecule has 0 bridgehead atoms. The van der Waals surface area contributed by atoms with Crippen molar-refractivity contribution in [3.05, 3.63) is 0 Å². The largest absolute Gasteiger partial charge is 0.656 e. The minimum atomic E-state index is -4.05. The van der Waals surface area contributed by atoms with Gasteiger partial charge >= 0.3 is 19.3 Å². The van der Waals surface area contributed by atoms with E-state index in [1.54, 1.807) is 0 Å². The van der Waals surface area contributed by atoms with Gasteiger partial charge in [0, 0.05) is 0 Å². The number of rotatable bonds is 0. The van der Waals surface area contributed by atoms with Crippen LogP contribution in [0.25, 0.3) is 0 Å². The lowest BCUT2D eigenvalue weighted by molar-refractivity contribution is -0.0445. The van der Waals surface area contributed by atoms with Crippen molar-refractivity contribution in [2.45, 2.75) is 4.31 Å². The molecule has 0 rings (SSSR count). The molecule has 0 N–H and O–H groups in total. The Labute approximate surface area is 46.2 Å². The van der Waals surface area contributed by atoms with Gasteiger partial charge in [-0.25, -0.2) is 13.2 Å². The lowest BCUT2D eigenvalue weighted by atomic mass is 11.5. The smallest absolute Gasteiger partial charge is 0.328 e. The van der Waals surface area contributed by atoms with Crippen LogP contribution in [0.3, 0.4) is 0 Å². The number of hydrogen-bond donors (Lipinski definition) is 0. The van der Waals surface area contributed by atoms with Crippen LogP contribution in [0.15, 0.2) is 0 Å². The van der Waals surface area contributed by atoms with E-state index >= 15 is 0 Å². The molecule has 6 heavy (non-hydrogen) atoms. The minimum absolute atomic E-state index is 2.28. The number of hydrogen-bond acceptors (Lipinski definition) is 0. The summed E-state index contributed by atoms with van der Waals surface area (Å²) in [7, 11) is 4.49. The van der Waals surface area contributed by atoms with E-state index in [9.17, 15) is 13.2 Å². The molecular formula is CClF3Mg. The van der Waals surface area contributed by atoms with E-state index in [2.05, 4.69) is 9.07 Å². The Morgan fingerprint density at radius 2 is 1.50 bits per heavy atom. The zero-order valence-corrected chi connectivity index (χ0v) is 4.89. The average molecular weight is 129 g/mol. The Hall–Kier alpha value is 0.846. The highest BCUT2D eigenvalue weighted by molar-refractivity contribution is 6.94.